The van der Waals surface area contributed by atoms with Gasteiger partial charge in [-0.05, 0) is 42.9 Å². The molecule has 1 saturated heterocycles. The van der Waals surface area contributed by atoms with Crippen LogP contribution in [0.2, 0.25) is 0 Å². The van der Waals surface area contributed by atoms with E-state index in [2.05, 4.69) is 4.74 Å². The highest BCUT2D eigenvalue weighted by atomic mass is 19.4. The lowest BCUT2D eigenvalue weighted by Gasteiger charge is -2.29. The highest BCUT2D eigenvalue weighted by Gasteiger charge is 2.40. The molecule has 2 aliphatic rings. The maximum Gasteiger partial charge on any atom is 0.573 e. The lowest BCUT2D eigenvalue weighted by atomic mass is 9.78. The van der Waals surface area contributed by atoms with Crippen molar-refractivity contribution >= 4 is 5.91 Å². The second-order valence-corrected chi connectivity index (χ2v) is 6.30. The summed E-state index contributed by atoms with van der Waals surface area (Å²) in [5.74, 6) is 0.0514. The number of likely N-dealkylation sites (tertiary alicyclic amines) is 1. The quantitative estimate of drug-likeness (QED) is 0.908. The number of carbonyl (C=O) groups is 1. The number of benzene rings is 1. The molecule has 1 aliphatic heterocycles. The standard InChI is InChI=1S/C16H19F3N2O2/c17-16(18,19)23-12-5-1-3-10(7-12)15(22)21-8-11-4-2-6-14(20)13(11)9-21/h1,3,5,7,11,13-14H,2,4,6,8-9,20H2. The average Bonchev–Trinajstić information content (AvgIpc) is 2.90. The Bertz CT molecular complexity index is 591. The van der Waals surface area contributed by atoms with Crippen LogP contribution in [0.1, 0.15) is 29.6 Å². The molecular formula is C16H19F3N2O2. The molecule has 2 N–H and O–H groups in total. The Hall–Kier alpha value is -1.76. The van der Waals surface area contributed by atoms with Crippen LogP contribution in [0.5, 0.6) is 5.75 Å². The predicted molar refractivity (Wildman–Crippen MR) is 77.8 cm³/mol. The molecule has 0 spiro atoms. The lowest BCUT2D eigenvalue weighted by molar-refractivity contribution is -0.274. The fourth-order valence-electron chi connectivity index (χ4n) is 3.69. The van der Waals surface area contributed by atoms with Crippen molar-refractivity contribution in [2.75, 3.05) is 13.1 Å². The van der Waals surface area contributed by atoms with Gasteiger partial charge in [-0.15, -0.1) is 13.2 Å². The number of ether oxygens (including phenoxy) is 1. The molecule has 126 valence electrons. The van der Waals surface area contributed by atoms with Gasteiger partial charge in [-0.25, -0.2) is 0 Å². The second-order valence-electron chi connectivity index (χ2n) is 6.30. The molecule has 1 heterocycles. The Morgan fingerprint density at radius 1 is 1.26 bits per heavy atom. The highest BCUT2D eigenvalue weighted by Crippen LogP contribution is 2.36. The van der Waals surface area contributed by atoms with Crippen LogP contribution in [0, 0.1) is 11.8 Å². The van der Waals surface area contributed by atoms with Crippen molar-refractivity contribution in [2.45, 2.75) is 31.7 Å². The van der Waals surface area contributed by atoms with Gasteiger partial charge in [-0.3, -0.25) is 4.79 Å². The van der Waals surface area contributed by atoms with Crippen molar-refractivity contribution in [3.05, 3.63) is 29.8 Å². The lowest BCUT2D eigenvalue weighted by Crippen LogP contribution is -2.38. The van der Waals surface area contributed by atoms with Gasteiger partial charge >= 0.3 is 6.36 Å². The van der Waals surface area contributed by atoms with Crippen LogP contribution in [-0.4, -0.2) is 36.3 Å². The van der Waals surface area contributed by atoms with E-state index in [1.165, 1.54) is 18.2 Å². The smallest absolute Gasteiger partial charge is 0.406 e. The summed E-state index contributed by atoms with van der Waals surface area (Å²) in [6.45, 7) is 1.20. The number of nitrogens with two attached hydrogens (primary N) is 1. The molecule has 0 bridgehead atoms. The number of fused-ring (bicyclic) bond motifs is 1. The number of carbonyl (C=O) groups excluding carboxylic acids is 1. The molecule has 1 aromatic carbocycles. The van der Waals surface area contributed by atoms with Gasteiger partial charge in [0.15, 0.2) is 0 Å². The van der Waals surface area contributed by atoms with Gasteiger partial charge in [0.1, 0.15) is 5.75 Å². The van der Waals surface area contributed by atoms with Gasteiger partial charge in [0, 0.05) is 24.7 Å². The zero-order chi connectivity index (χ0) is 16.6. The molecule has 1 aromatic rings. The van der Waals surface area contributed by atoms with Crippen LogP contribution in [0.15, 0.2) is 24.3 Å². The van der Waals surface area contributed by atoms with Crippen molar-refractivity contribution in [1.29, 1.82) is 0 Å². The third kappa shape index (κ3) is 3.60. The van der Waals surface area contributed by atoms with E-state index >= 15 is 0 Å². The first-order chi connectivity index (χ1) is 10.8. The van der Waals surface area contributed by atoms with Crippen LogP contribution in [0.25, 0.3) is 0 Å². The van der Waals surface area contributed by atoms with Gasteiger partial charge in [0.25, 0.3) is 5.91 Å². The van der Waals surface area contributed by atoms with Crippen molar-refractivity contribution < 1.29 is 22.7 Å². The van der Waals surface area contributed by atoms with Gasteiger partial charge in [-0.2, -0.15) is 0 Å². The molecule has 7 heteroatoms. The summed E-state index contributed by atoms with van der Waals surface area (Å²) in [4.78, 5) is 14.3. The summed E-state index contributed by atoms with van der Waals surface area (Å²) in [5.41, 5.74) is 6.34. The Labute approximate surface area is 132 Å². The van der Waals surface area contributed by atoms with E-state index in [1.54, 1.807) is 4.90 Å². The molecular weight excluding hydrogens is 309 g/mol. The van der Waals surface area contributed by atoms with Gasteiger partial charge < -0.3 is 15.4 Å². The molecule has 0 radical (unpaired) electrons. The number of rotatable bonds is 2. The molecule has 1 saturated carbocycles. The van der Waals surface area contributed by atoms with E-state index in [1.807, 2.05) is 0 Å². The normalized spacial score (nSPS) is 27.7. The van der Waals surface area contributed by atoms with E-state index in [0.717, 1.165) is 25.3 Å². The first-order valence-corrected chi connectivity index (χ1v) is 7.74. The van der Waals surface area contributed by atoms with Crippen molar-refractivity contribution in [2.24, 2.45) is 17.6 Å². The van der Waals surface area contributed by atoms with Crippen LogP contribution in [-0.2, 0) is 0 Å². The van der Waals surface area contributed by atoms with Gasteiger partial charge in [-0.1, -0.05) is 12.5 Å². The Morgan fingerprint density at radius 3 is 2.74 bits per heavy atom. The molecule has 2 fully saturated rings. The van der Waals surface area contributed by atoms with Crippen molar-refractivity contribution in [3.8, 4) is 5.75 Å². The molecule has 1 amide bonds. The van der Waals surface area contributed by atoms with E-state index in [9.17, 15) is 18.0 Å². The zero-order valence-electron chi connectivity index (χ0n) is 12.6. The molecule has 1 aliphatic carbocycles. The minimum atomic E-state index is -4.77. The number of nitrogens with zero attached hydrogens (tertiary/aromatic N) is 1. The number of hydrogen-bond acceptors (Lipinski definition) is 3. The number of halogens is 3. The van der Waals surface area contributed by atoms with Crippen LogP contribution in [0.3, 0.4) is 0 Å². The topological polar surface area (TPSA) is 55.6 Å². The second kappa shape index (κ2) is 6.03. The Morgan fingerprint density at radius 2 is 2.04 bits per heavy atom. The molecule has 3 rings (SSSR count). The van der Waals surface area contributed by atoms with E-state index in [0.29, 0.717) is 24.9 Å². The number of hydrogen-bond donors (Lipinski definition) is 1. The minimum Gasteiger partial charge on any atom is -0.406 e. The largest absolute Gasteiger partial charge is 0.573 e. The fourth-order valence-corrected chi connectivity index (χ4v) is 3.69. The van der Waals surface area contributed by atoms with E-state index < -0.39 is 6.36 Å². The molecule has 23 heavy (non-hydrogen) atoms. The van der Waals surface area contributed by atoms with Gasteiger partial charge in [0.2, 0.25) is 0 Å². The third-order valence-electron chi connectivity index (χ3n) is 4.76. The predicted octanol–water partition coefficient (Wildman–Crippen LogP) is 2.78. The summed E-state index contributed by atoms with van der Waals surface area (Å²) in [5, 5.41) is 0. The summed E-state index contributed by atoms with van der Waals surface area (Å²) in [6, 6.07) is 5.32. The molecule has 3 unspecified atom stereocenters. The third-order valence-corrected chi connectivity index (χ3v) is 4.76. The van der Waals surface area contributed by atoms with Crippen molar-refractivity contribution in [1.82, 2.24) is 4.90 Å². The molecule has 4 nitrogen and oxygen atoms in total. The molecule has 0 aromatic heterocycles. The summed E-state index contributed by atoms with van der Waals surface area (Å²) < 4.78 is 40.7. The summed E-state index contributed by atoms with van der Waals surface area (Å²) in [6.07, 6.45) is -1.67. The van der Waals surface area contributed by atoms with Crippen molar-refractivity contribution in [3.63, 3.8) is 0 Å². The summed E-state index contributed by atoms with van der Waals surface area (Å²) >= 11 is 0. The number of alkyl halides is 3. The first-order valence-electron chi connectivity index (χ1n) is 7.74. The number of amides is 1. The maximum atomic E-state index is 12.6. The SMILES string of the molecule is NC1CCCC2CN(C(=O)c3cccc(OC(F)(F)F)c3)CC12. The van der Waals surface area contributed by atoms with Crippen LogP contribution < -0.4 is 10.5 Å². The monoisotopic (exact) mass is 328 g/mol. The average molecular weight is 328 g/mol. The van der Waals surface area contributed by atoms with Crippen LogP contribution >= 0.6 is 0 Å². The highest BCUT2D eigenvalue weighted by molar-refractivity contribution is 5.94. The van der Waals surface area contributed by atoms with E-state index in [-0.39, 0.29) is 23.3 Å². The molecule has 3 atom stereocenters. The minimum absolute atomic E-state index is 0.103. The fraction of sp³-hybridized carbons (Fsp3) is 0.562. The van der Waals surface area contributed by atoms with Gasteiger partial charge in [0.05, 0.1) is 0 Å². The zero-order valence-corrected chi connectivity index (χ0v) is 12.6. The van der Waals surface area contributed by atoms with Crippen LogP contribution in [0.4, 0.5) is 13.2 Å². The Balaban J connectivity index is 1.72. The summed E-state index contributed by atoms with van der Waals surface area (Å²) in [7, 11) is 0. The first kappa shape index (κ1) is 16.1. The Kier molecular flexibility index (Phi) is 4.23. The van der Waals surface area contributed by atoms with E-state index in [4.69, 9.17) is 5.73 Å². The maximum absolute atomic E-state index is 12.6.